The molecule has 0 saturated carbocycles. The largest absolute Gasteiger partial charge is 0.492 e. The molecule has 0 aliphatic carbocycles. The summed E-state index contributed by atoms with van der Waals surface area (Å²) < 4.78 is 38.0. The number of alkyl halides is 2. The molecule has 1 fully saturated rings. The van der Waals surface area contributed by atoms with Crippen LogP contribution < -0.4 is 9.47 Å². The van der Waals surface area contributed by atoms with Gasteiger partial charge in [-0.25, -0.2) is 8.78 Å². The summed E-state index contributed by atoms with van der Waals surface area (Å²) in [6, 6.07) is 11.4. The number of halogens is 3. The number of nitrogens with zero attached hydrogens (tertiary/aromatic N) is 1. The van der Waals surface area contributed by atoms with E-state index in [-0.39, 0.29) is 32.7 Å². The van der Waals surface area contributed by atoms with E-state index in [9.17, 15) is 13.9 Å². The van der Waals surface area contributed by atoms with Crippen molar-refractivity contribution in [2.75, 3.05) is 32.8 Å². The second kappa shape index (κ2) is 7.85. The average molecular weight is 410 g/mol. The highest BCUT2D eigenvalue weighted by molar-refractivity contribution is 6.31. The summed E-state index contributed by atoms with van der Waals surface area (Å²) >= 11 is 6.26. The van der Waals surface area contributed by atoms with Crippen LogP contribution >= 0.6 is 11.6 Å². The number of hydrogen-bond acceptors (Lipinski definition) is 4. The fourth-order valence-electron chi connectivity index (χ4n) is 3.75. The molecule has 1 unspecified atom stereocenters. The van der Waals surface area contributed by atoms with Gasteiger partial charge < -0.3 is 14.6 Å². The fourth-order valence-corrected chi connectivity index (χ4v) is 3.98. The van der Waals surface area contributed by atoms with Crippen molar-refractivity contribution in [2.45, 2.75) is 24.9 Å². The quantitative estimate of drug-likeness (QED) is 0.782. The van der Waals surface area contributed by atoms with Crippen molar-refractivity contribution in [1.82, 2.24) is 4.90 Å². The average Bonchev–Trinajstić information content (AvgIpc) is 3.25. The van der Waals surface area contributed by atoms with Crippen molar-refractivity contribution in [1.29, 1.82) is 0 Å². The third-order valence-corrected chi connectivity index (χ3v) is 5.27. The van der Waals surface area contributed by atoms with Crippen LogP contribution in [0.15, 0.2) is 36.4 Å². The van der Waals surface area contributed by atoms with Crippen LogP contribution in [-0.2, 0) is 6.42 Å². The minimum Gasteiger partial charge on any atom is -0.492 e. The highest BCUT2D eigenvalue weighted by atomic mass is 35.5. The maximum Gasteiger partial charge on any atom is 0.261 e. The second-order valence-electron chi connectivity index (χ2n) is 7.37. The van der Waals surface area contributed by atoms with Crippen LogP contribution in [0.3, 0.4) is 0 Å². The van der Waals surface area contributed by atoms with Gasteiger partial charge in [0.15, 0.2) is 0 Å². The molecule has 0 bridgehead atoms. The van der Waals surface area contributed by atoms with Gasteiger partial charge in [-0.1, -0.05) is 29.8 Å². The second-order valence-corrected chi connectivity index (χ2v) is 7.81. The van der Waals surface area contributed by atoms with Crippen LogP contribution in [0.4, 0.5) is 8.78 Å². The van der Waals surface area contributed by atoms with Gasteiger partial charge in [0.25, 0.3) is 5.92 Å². The molecule has 0 aromatic heterocycles. The molecule has 2 heterocycles. The molecule has 2 aromatic rings. The predicted molar refractivity (Wildman–Crippen MR) is 104 cm³/mol. The smallest absolute Gasteiger partial charge is 0.261 e. The zero-order chi connectivity index (χ0) is 19.7. The van der Waals surface area contributed by atoms with Crippen LogP contribution in [0, 0.1) is 0 Å². The molecular weight excluding hydrogens is 388 g/mol. The zero-order valence-electron chi connectivity index (χ0n) is 15.3. The van der Waals surface area contributed by atoms with Gasteiger partial charge in [-0.2, -0.15) is 0 Å². The lowest BCUT2D eigenvalue weighted by Gasteiger charge is -2.20. The summed E-state index contributed by atoms with van der Waals surface area (Å²) in [6.45, 7) is 0.793. The Bertz CT molecular complexity index is 862. The van der Waals surface area contributed by atoms with E-state index in [2.05, 4.69) is 0 Å². The Morgan fingerprint density at radius 2 is 2.14 bits per heavy atom. The van der Waals surface area contributed by atoms with Crippen molar-refractivity contribution in [3.8, 4) is 22.6 Å². The lowest BCUT2D eigenvalue weighted by molar-refractivity contribution is 0.00461. The predicted octanol–water partition coefficient (Wildman–Crippen LogP) is 4.02. The first kappa shape index (κ1) is 19.4. The van der Waals surface area contributed by atoms with E-state index in [0.717, 1.165) is 28.9 Å². The number of aliphatic hydroxyl groups is 1. The van der Waals surface area contributed by atoms with Gasteiger partial charge in [0.05, 0.1) is 13.2 Å². The van der Waals surface area contributed by atoms with Crippen LogP contribution in [0.1, 0.15) is 12.0 Å². The van der Waals surface area contributed by atoms with E-state index < -0.39 is 12.0 Å². The van der Waals surface area contributed by atoms with Gasteiger partial charge in [-0.3, -0.25) is 4.90 Å². The zero-order valence-corrected chi connectivity index (χ0v) is 16.1. The molecule has 0 amide bonds. The van der Waals surface area contributed by atoms with E-state index in [1.54, 1.807) is 11.0 Å². The number of benzene rings is 2. The number of hydrogen-bond donors (Lipinski definition) is 1. The molecule has 28 heavy (non-hydrogen) atoms. The summed E-state index contributed by atoms with van der Waals surface area (Å²) in [4.78, 5) is 1.56. The van der Waals surface area contributed by atoms with Crippen LogP contribution in [0.25, 0.3) is 11.1 Å². The molecule has 150 valence electrons. The first-order chi connectivity index (χ1) is 13.4. The first-order valence-corrected chi connectivity index (χ1v) is 9.74. The molecule has 4 nitrogen and oxygen atoms in total. The van der Waals surface area contributed by atoms with Crippen molar-refractivity contribution in [3.63, 3.8) is 0 Å². The van der Waals surface area contributed by atoms with Crippen molar-refractivity contribution < 1.29 is 23.4 Å². The Morgan fingerprint density at radius 1 is 1.29 bits per heavy atom. The summed E-state index contributed by atoms with van der Waals surface area (Å²) in [5.41, 5.74) is 2.98. The van der Waals surface area contributed by atoms with Crippen molar-refractivity contribution >= 4 is 11.6 Å². The van der Waals surface area contributed by atoms with Crippen LogP contribution in [0.5, 0.6) is 11.5 Å². The lowest BCUT2D eigenvalue weighted by Crippen LogP contribution is -2.35. The third-order valence-electron chi connectivity index (χ3n) is 5.06. The number of fused-ring (bicyclic) bond motifs is 1. The Labute approximate surface area is 167 Å². The molecule has 1 atom stereocenters. The molecule has 7 heteroatoms. The highest BCUT2D eigenvalue weighted by Crippen LogP contribution is 2.39. The lowest BCUT2D eigenvalue weighted by atomic mass is 10.0. The Hall–Kier alpha value is -1.89. The molecule has 1 N–H and O–H groups in total. The molecule has 2 aromatic carbocycles. The van der Waals surface area contributed by atoms with E-state index in [0.29, 0.717) is 17.4 Å². The molecule has 0 radical (unpaired) electrons. The summed E-state index contributed by atoms with van der Waals surface area (Å²) in [7, 11) is 0. The molecule has 1 saturated heterocycles. The topological polar surface area (TPSA) is 41.9 Å². The maximum absolute atomic E-state index is 13.3. The van der Waals surface area contributed by atoms with E-state index >= 15 is 0 Å². The number of ether oxygens (including phenoxy) is 2. The van der Waals surface area contributed by atoms with E-state index in [1.165, 1.54) is 0 Å². The van der Waals surface area contributed by atoms with Crippen molar-refractivity contribution in [3.05, 3.63) is 47.0 Å². The van der Waals surface area contributed by atoms with Gasteiger partial charge >= 0.3 is 0 Å². The number of rotatable bonds is 6. The maximum atomic E-state index is 13.3. The van der Waals surface area contributed by atoms with Crippen LogP contribution in [0.2, 0.25) is 5.02 Å². The van der Waals surface area contributed by atoms with Gasteiger partial charge in [-0.05, 0) is 29.3 Å². The molecule has 0 spiro atoms. The standard InChI is InChI=1S/C21H22ClF2NO3/c22-16-8-15(19-3-1-2-14-4-7-27-20(14)19)9-18(10-16)28-12-17(26)11-25-6-5-21(23,24)13-25/h1-3,8-10,17,26H,4-7,11-13H2. The first-order valence-electron chi connectivity index (χ1n) is 9.36. The molecule has 2 aliphatic heterocycles. The number of para-hydroxylation sites is 1. The van der Waals surface area contributed by atoms with Gasteiger partial charge in [0.2, 0.25) is 0 Å². The Morgan fingerprint density at radius 3 is 2.93 bits per heavy atom. The fraction of sp³-hybridized carbons (Fsp3) is 0.429. The number of likely N-dealkylation sites (tertiary alicyclic amines) is 1. The summed E-state index contributed by atoms with van der Waals surface area (Å²) in [6.07, 6.45) is -0.142. The van der Waals surface area contributed by atoms with Gasteiger partial charge in [-0.15, -0.1) is 0 Å². The molecule has 2 aliphatic rings. The Kier molecular flexibility index (Phi) is 5.45. The molecule has 4 rings (SSSR count). The minimum atomic E-state index is -2.67. The van der Waals surface area contributed by atoms with Crippen LogP contribution in [-0.4, -0.2) is 54.9 Å². The normalized spacial score (nSPS) is 19.3. The number of aliphatic hydroxyl groups excluding tert-OH is 1. The minimum absolute atomic E-state index is 0.00521. The monoisotopic (exact) mass is 409 g/mol. The van der Waals surface area contributed by atoms with E-state index in [1.807, 2.05) is 30.3 Å². The van der Waals surface area contributed by atoms with E-state index in [4.69, 9.17) is 21.1 Å². The highest BCUT2D eigenvalue weighted by Gasteiger charge is 2.38. The van der Waals surface area contributed by atoms with Gasteiger partial charge in [0, 0.05) is 36.5 Å². The Balaban J connectivity index is 1.43. The van der Waals surface area contributed by atoms with Gasteiger partial charge in [0.1, 0.15) is 24.2 Å². The van der Waals surface area contributed by atoms with Crippen molar-refractivity contribution in [2.24, 2.45) is 0 Å². The number of β-amino-alcohol motifs (C(OH)–C–C–N with tert-alkyl or cyclic N) is 1. The summed E-state index contributed by atoms with van der Waals surface area (Å²) in [5, 5.41) is 10.7. The summed E-state index contributed by atoms with van der Waals surface area (Å²) in [5.74, 6) is -1.28. The third kappa shape index (κ3) is 4.40. The SMILES string of the molecule is OC(COc1cc(Cl)cc(-c2cccc3c2OCC3)c1)CN1CCC(F)(F)C1. The molecular formula is C21H22ClF2NO3.